The molecule has 0 heterocycles. The van der Waals surface area contributed by atoms with E-state index in [2.05, 4.69) is 92.6 Å². The Balaban J connectivity index is 1.80. The van der Waals surface area contributed by atoms with Gasteiger partial charge in [0, 0.05) is 16.8 Å². The van der Waals surface area contributed by atoms with Crippen LogP contribution in [-0.2, 0) is 12.8 Å². The molecular weight excluding hydrogens is 380 g/mol. The van der Waals surface area contributed by atoms with Gasteiger partial charge in [-0.2, -0.15) is 4.99 Å². The third kappa shape index (κ3) is 4.32. The molecule has 0 spiro atoms. The van der Waals surface area contributed by atoms with Gasteiger partial charge in [-0.15, -0.1) is 0 Å². The van der Waals surface area contributed by atoms with E-state index in [4.69, 9.17) is 0 Å². The molecule has 0 atom stereocenters. The summed E-state index contributed by atoms with van der Waals surface area (Å²) in [6.07, 6.45) is 1.89. The summed E-state index contributed by atoms with van der Waals surface area (Å²) in [5, 5.41) is 3.14. The number of carbonyl (C=O) groups excluding carboxylic acids is 1. The fourth-order valence-electron chi connectivity index (χ4n) is 4.41. The summed E-state index contributed by atoms with van der Waals surface area (Å²) in [5.74, 6) is 0.613. The summed E-state index contributed by atoms with van der Waals surface area (Å²) < 4.78 is 0. The topological polar surface area (TPSA) is 41.5 Å². The van der Waals surface area contributed by atoms with Crippen LogP contribution in [0.1, 0.15) is 72.9 Å². The van der Waals surface area contributed by atoms with E-state index >= 15 is 0 Å². The van der Waals surface area contributed by atoms with Gasteiger partial charge in [0.1, 0.15) is 0 Å². The first-order valence-electron chi connectivity index (χ1n) is 11.1. The Hall–Kier alpha value is -3.20. The molecule has 0 saturated carbocycles. The molecule has 2 amide bonds. The van der Waals surface area contributed by atoms with Crippen LogP contribution in [0, 0.1) is 0 Å². The highest BCUT2D eigenvalue weighted by molar-refractivity contribution is 6.19. The minimum atomic E-state index is -0.323. The van der Waals surface area contributed by atoms with Crippen molar-refractivity contribution in [2.75, 3.05) is 5.32 Å². The summed E-state index contributed by atoms with van der Waals surface area (Å²) >= 11 is 0. The smallest absolute Gasteiger partial charge is 0.305 e. The second-order valence-corrected chi connectivity index (χ2v) is 8.83. The number of para-hydroxylation sites is 1. The van der Waals surface area contributed by atoms with E-state index in [9.17, 15) is 4.79 Å². The van der Waals surface area contributed by atoms with Gasteiger partial charge in [-0.1, -0.05) is 94.4 Å². The molecule has 1 N–H and O–H groups in total. The van der Waals surface area contributed by atoms with Crippen molar-refractivity contribution >= 4 is 17.4 Å². The summed E-state index contributed by atoms with van der Waals surface area (Å²) in [6.45, 7) is 8.61. The zero-order chi connectivity index (χ0) is 22.0. The van der Waals surface area contributed by atoms with E-state index in [0.29, 0.717) is 11.8 Å². The number of fused-ring (bicyclic) bond motifs is 2. The van der Waals surface area contributed by atoms with E-state index < -0.39 is 0 Å². The lowest BCUT2D eigenvalue weighted by atomic mass is 9.93. The van der Waals surface area contributed by atoms with Gasteiger partial charge in [-0.3, -0.25) is 0 Å². The van der Waals surface area contributed by atoms with Gasteiger partial charge >= 0.3 is 6.03 Å². The minimum absolute atomic E-state index is 0.306. The second-order valence-electron chi connectivity index (χ2n) is 8.83. The van der Waals surface area contributed by atoms with Gasteiger partial charge in [-0.25, -0.2) is 4.79 Å². The van der Waals surface area contributed by atoms with Crippen LogP contribution in [0.2, 0.25) is 0 Å². The predicted octanol–water partition coefficient (Wildman–Crippen LogP) is 7.10. The Kier molecular flexibility index (Phi) is 6.03. The summed E-state index contributed by atoms with van der Waals surface area (Å²) in [7, 11) is 0. The Morgan fingerprint density at radius 1 is 0.742 bits per heavy atom. The van der Waals surface area contributed by atoms with E-state index in [1.54, 1.807) is 0 Å². The van der Waals surface area contributed by atoms with Crippen molar-refractivity contribution in [1.82, 2.24) is 0 Å². The SMILES string of the molecule is CC(C)c1cccc(C(C)C)c1NC(=O)N=C1c2ccccc2CCc2ccccc21. The Bertz CT molecular complexity index is 1070. The first-order valence-corrected chi connectivity index (χ1v) is 11.1. The third-order valence-corrected chi connectivity index (χ3v) is 6.03. The molecule has 3 aromatic carbocycles. The van der Waals surface area contributed by atoms with Crippen molar-refractivity contribution in [2.24, 2.45) is 4.99 Å². The average Bonchev–Trinajstić information content (AvgIpc) is 2.91. The molecule has 3 heteroatoms. The summed E-state index contributed by atoms with van der Waals surface area (Å²) in [4.78, 5) is 17.9. The molecule has 0 saturated heterocycles. The second kappa shape index (κ2) is 8.89. The molecule has 3 nitrogen and oxygen atoms in total. The number of hydrogen-bond acceptors (Lipinski definition) is 1. The van der Waals surface area contributed by atoms with Gasteiger partial charge in [0.2, 0.25) is 0 Å². The lowest BCUT2D eigenvalue weighted by Crippen LogP contribution is -2.16. The van der Waals surface area contributed by atoms with Crippen molar-refractivity contribution in [3.8, 4) is 0 Å². The third-order valence-electron chi connectivity index (χ3n) is 6.03. The fourth-order valence-corrected chi connectivity index (χ4v) is 4.41. The lowest BCUT2D eigenvalue weighted by molar-refractivity contribution is 0.259. The van der Waals surface area contributed by atoms with Crippen LogP contribution in [0.15, 0.2) is 71.7 Å². The zero-order valence-corrected chi connectivity index (χ0v) is 18.8. The fraction of sp³-hybridized carbons (Fsp3) is 0.286. The lowest BCUT2D eigenvalue weighted by Gasteiger charge is -2.19. The van der Waals surface area contributed by atoms with Crippen LogP contribution in [0.5, 0.6) is 0 Å². The molecule has 1 aliphatic carbocycles. The van der Waals surface area contributed by atoms with Gasteiger partial charge in [0.25, 0.3) is 0 Å². The number of hydrogen-bond donors (Lipinski definition) is 1. The molecule has 0 bridgehead atoms. The highest BCUT2D eigenvalue weighted by Gasteiger charge is 2.21. The van der Waals surface area contributed by atoms with Crippen molar-refractivity contribution in [1.29, 1.82) is 0 Å². The Morgan fingerprint density at radius 2 is 1.23 bits per heavy atom. The van der Waals surface area contributed by atoms with Crippen LogP contribution in [0.4, 0.5) is 10.5 Å². The summed E-state index contributed by atoms with van der Waals surface area (Å²) in [5.41, 5.74) is 8.49. The quantitative estimate of drug-likeness (QED) is 0.491. The molecule has 0 aromatic heterocycles. The van der Waals surface area contributed by atoms with Crippen LogP contribution in [0.3, 0.4) is 0 Å². The predicted molar refractivity (Wildman–Crippen MR) is 130 cm³/mol. The van der Waals surface area contributed by atoms with E-state index in [-0.39, 0.29) is 6.03 Å². The zero-order valence-electron chi connectivity index (χ0n) is 18.8. The number of amides is 2. The van der Waals surface area contributed by atoms with Crippen molar-refractivity contribution in [3.63, 3.8) is 0 Å². The monoisotopic (exact) mass is 410 g/mol. The molecule has 4 rings (SSSR count). The number of carbonyl (C=O) groups is 1. The van der Waals surface area contributed by atoms with Crippen molar-refractivity contribution in [2.45, 2.75) is 52.4 Å². The highest BCUT2D eigenvalue weighted by Crippen LogP contribution is 2.33. The maximum atomic E-state index is 13.3. The number of aliphatic imine (C=N–C) groups is 1. The molecule has 0 radical (unpaired) electrons. The first-order chi connectivity index (χ1) is 15.0. The molecule has 1 aliphatic rings. The molecule has 3 aromatic rings. The summed E-state index contributed by atoms with van der Waals surface area (Å²) in [6, 6.07) is 22.5. The molecular formula is C28H30N2O. The van der Waals surface area contributed by atoms with Gasteiger partial charge < -0.3 is 5.32 Å². The highest BCUT2D eigenvalue weighted by atomic mass is 16.2. The maximum absolute atomic E-state index is 13.3. The van der Waals surface area contributed by atoms with E-state index in [1.807, 2.05) is 12.1 Å². The molecule has 0 fully saturated rings. The molecule has 158 valence electrons. The van der Waals surface area contributed by atoms with Crippen LogP contribution in [0.25, 0.3) is 0 Å². The number of nitrogens with one attached hydrogen (secondary N) is 1. The van der Waals surface area contributed by atoms with Crippen LogP contribution >= 0.6 is 0 Å². The van der Waals surface area contributed by atoms with E-state index in [1.165, 1.54) is 11.1 Å². The molecule has 0 aliphatic heterocycles. The van der Waals surface area contributed by atoms with Gasteiger partial charge in [0.05, 0.1) is 5.71 Å². The average molecular weight is 411 g/mol. The largest absolute Gasteiger partial charge is 0.345 e. The van der Waals surface area contributed by atoms with Gasteiger partial charge in [-0.05, 0) is 46.9 Å². The standard InChI is InChI=1S/C28H30N2O/c1-18(2)22-14-9-15-23(19(3)4)26(22)29-28(31)30-27-24-12-7-5-10-20(24)16-17-21-11-6-8-13-25(21)27/h5-15,18-19H,16-17H2,1-4H3,(H,29,31). The molecule has 0 unspecified atom stereocenters. The van der Waals surface area contributed by atoms with Crippen molar-refractivity contribution in [3.05, 3.63) is 100 Å². The number of urea groups is 1. The van der Waals surface area contributed by atoms with Crippen LogP contribution < -0.4 is 5.32 Å². The minimum Gasteiger partial charge on any atom is -0.305 e. The number of anilines is 1. The maximum Gasteiger partial charge on any atom is 0.345 e. The Labute approximate surface area is 185 Å². The normalized spacial score (nSPS) is 12.9. The number of aryl methyl sites for hydroxylation is 2. The molecule has 31 heavy (non-hydrogen) atoms. The Morgan fingerprint density at radius 3 is 1.71 bits per heavy atom. The first kappa shape index (κ1) is 21.0. The number of benzene rings is 3. The van der Waals surface area contributed by atoms with Gasteiger partial charge in [0.15, 0.2) is 0 Å². The van der Waals surface area contributed by atoms with Crippen molar-refractivity contribution < 1.29 is 4.79 Å². The van der Waals surface area contributed by atoms with Crippen LogP contribution in [-0.4, -0.2) is 11.7 Å². The number of nitrogens with zero attached hydrogens (tertiary/aromatic N) is 1. The number of rotatable bonds is 3. The van der Waals surface area contributed by atoms with E-state index in [0.717, 1.165) is 46.5 Å².